The molecule has 0 aliphatic carbocycles. The first-order valence-corrected chi connectivity index (χ1v) is 9.24. The van der Waals surface area contributed by atoms with Gasteiger partial charge in [-0.05, 0) is 42.0 Å². The van der Waals surface area contributed by atoms with Crippen LogP contribution in [0.25, 0.3) is 11.0 Å². The van der Waals surface area contributed by atoms with Gasteiger partial charge in [0.05, 0.1) is 17.2 Å². The summed E-state index contributed by atoms with van der Waals surface area (Å²) in [6.45, 7) is 0.824. The Kier molecular flexibility index (Phi) is 6.37. The van der Waals surface area contributed by atoms with Crippen LogP contribution in [0.4, 0.5) is 16.4 Å². The second-order valence-electron chi connectivity index (χ2n) is 5.91. The fourth-order valence-corrected chi connectivity index (χ4v) is 2.83. The Balaban J connectivity index is 1.84. The van der Waals surface area contributed by atoms with Crippen LogP contribution < -0.4 is 30.4 Å². The molecule has 3 aromatic rings. The van der Waals surface area contributed by atoms with Crippen molar-refractivity contribution in [1.29, 1.82) is 0 Å². The Morgan fingerprint density at radius 3 is 2.62 bits per heavy atom. The number of benzene rings is 2. The third-order valence-corrected chi connectivity index (χ3v) is 4.30. The van der Waals surface area contributed by atoms with Crippen LogP contribution in [0, 0.1) is 4.91 Å². The molecule has 0 spiro atoms. The normalized spacial score (nSPS) is 10.7. The molecule has 0 bridgehead atoms. The van der Waals surface area contributed by atoms with E-state index in [2.05, 4.69) is 15.7 Å². The number of hydrogen-bond donors (Lipinski definition) is 5. The molecule has 0 unspecified atom stereocenters. The molecule has 6 N–H and O–H groups in total. The van der Waals surface area contributed by atoms with Gasteiger partial charge in [0.2, 0.25) is 10.1 Å². The molecule has 3 rings (SSSR count). The number of H-pyrrole nitrogens is 1. The number of nitrogens with zero attached hydrogens (tertiary/aromatic N) is 2. The van der Waals surface area contributed by atoms with Gasteiger partial charge >= 0.3 is 17.5 Å². The molecule has 10 nitrogen and oxygen atoms in total. The van der Waals surface area contributed by atoms with Gasteiger partial charge in [-0.1, -0.05) is 23.2 Å². The lowest BCUT2D eigenvalue weighted by Crippen LogP contribution is -2.43. The predicted molar refractivity (Wildman–Crippen MR) is 107 cm³/mol. The zero-order chi connectivity index (χ0) is 21.0. The molecule has 2 amide bonds. The molecule has 1 aromatic heterocycles. The van der Waals surface area contributed by atoms with Gasteiger partial charge in [-0.2, -0.15) is 5.32 Å². The molecule has 0 atom stereocenters. The van der Waals surface area contributed by atoms with Crippen molar-refractivity contribution in [2.24, 2.45) is 5.73 Å². The number of amides is 2. The summed E-state index contributed by atoms with van der Waals surface area (Å²) in [4.78, 5) is 24.5. The summed E-state index contributed by atoms with van der Waals surface area (Å²) in [5.41, 5.74) is 5.96. The summed E-state index contributed by atoms with van der Waals surface area (Å²) in [6.07, 6.45) is 0.636. The highest BCUT2D eigenvalue weighted by molar-refractivity contribution is 6.31. The summed E-state index contributed by atoms with van der Waals surface area (Å²) >= 11 is 11.9. The second kappa shape index (κ2) is 8.95. The molecule has 0 radical (unpaired) electrons. The first kappa shape index (κ1) is 20.6. The van der Waals surface area contributed by atoms with Crippen LogP contribution in [0.5, 0.6) is 5.75 Å². The number of nitrogens with one attached hydrogen (secondary N) is 3. The van der Waals surface area contributed by atoms with E-state index in [-0.39, 0.29) is 17.0 Å². The number of nitrogens with two attached hydrogens (primary N) is 1. The number of anilines is 2. The van der Waals surface area contributed by atoms with Crippen LogP contribution in [0.15, 0.2) is 36.4 Å². The first-order chi connectivity index (χ1) is 13.9. The van der Waals surface area contributed by atoms with Crippen molar-refractivity contribution in [3.63, 3.8) is 0 Å². The van der Waals surface area contributed by atoms with Gasteiger partial charge in [-0.15, -0.1) is 0 Å². The highest BCUT2D eigenvalue weighted by Crippen LogP contribution is 2.28. The third-order valence-electron chi connectivity index (χ3n) is 3.83. The largest absolute Gasteiger partial charge is 0.491 e. The lowest BCUT2D eigenvalue weighted by molar-refractivity contribution is -0.880. The molecule has 0 aliphatic rings. The van der Waals surface area contributed by atoms with Gasteiger partial charge < -0.3 is 15.7 Å². The molecule has 1 heterocycles. The summed E-state index contributed by atoms with van der Waals surface area (Å²) in [6, 6.07) is 8.27. The summed E-state index contributed by atoms with van der Waals surface area (Å²) in [5, 5.41) is 18.2. The molecule has 0 fully saturated rings. The van der Waals surface area contributed by atoms with Crippen LogP contribution in [0.2, 0.25) is 10.0 Å². The molecular weight excluding hydrogens is 423 g/mol. The van der Waals surface area contributed by atoms with Crippen molar-refractivity contribution in [3.8, 4) is 5.75 Å². The van der Waals surface area contributed by atoms with Crippen molar-refractivity contribution < 1.29 is 24.0 Å². The van der Waals surface area contributed by atoms with Crippen LogP contribution in [0.3, 0.4) is 0 Å². The number of ether oxygens (including phenoxy) is 1. The van der Waals surface area contributed by atoms with E-state index in [1.165, 1.54) is 24.3 Å². The van der Waals surface area contributed by atoms with Crippen molar-refractivity contribution in [2.45, 2.75) is 6.42 Å². The first-order valence-electron chi connectivity index (χ1n) is 8.49. The minimum atomic E-state index is -0.753. The smallest absolute Gasteiger partial charge is 0.458 e. The van der Waals surface area contributed by atoms with Crippen LogP contribution in [0.1, 0.15) is 6.42 Å². The Morgan fingerprint density at radius 2 is 1.86 bits per heavy atom. The third kappa shape index (κ3) is 4.86. The summed E-state index contributed by atoms with van der Waals surface area (Å²) in [7, 11) is 0. The zero-order valence-electron chi connectivity index (χ0n) is 15.0. The van der Waals surface area contributed by atoms with E-state index in [0.29, 0.717) is 50.3 Å². The second-order valence-corrected chi connectivity index (χ2v) is 6.78. The minimum Gasteiger partial charge on any atom is -0.491 e. The average molecular weight is 441 g/mol. The standard InChI is InChI=1S/C17H16Cl2N6O4/c18-10-3-5-15(29-7-1-6-20)12(8-10)21-17(26)22-16-23-25(28)13-4-2-11(19)9-14(13)24(16)27/h2-5,8-9,27H,1,6-7,20H2,(H-,21,22,23,26,28)/p+2. The van der Waals surface area contributed by atoms with E-state index in [1.54, 1.807) is 12.1 Å². The van der Waals surface area contributed by atoms with E-state index >= 15 is 0 Å². The number of carbonyl (C=O) groups excluding carboxylic acids is 1. The molecular formula is C17H18Cl2N6O4+2. The molecule has 0 saturated carbocycles. The Bertz CT molecular complexity index is 1120. The van der Waals surface area contributed by atoms with Crippen molar-refractivity contribution in [3.05, 3.63) is 51.4 Å². The number of urea groups is 1. The Hall–Kier alpha value is -3.08. The van der Waals surface area contributed by atoms with Crippen molar-refractivity contribution in [1.82, 2.24) is 5.10 Å². The molecule has 29 heavy (non-hydrogen) atoms. The topological polar surface area (TPSA) is 139 Å². The molecule has 0 aliphatic heterocycles. The lowest BCUT2D eigenvalue weighted by atomic mass is 10.3. The maximum absolute atomic E-state index is 12.4. The minimum absolute atomic E-state index is 0.0927. The van der Waals surface area contributed by atoms with Gasteiger partial charge in [0, 0.05) is 27.3 Å². The molecule has 12 heteroatoms. The van der Waals surface area contributed by atoms with E-state index < -0.39 is 6.03 Å². The van der Waals surface area contributed by atoms with Crippen molar-refractivity contribution >= 4 is 51.9 Å². The highest BCUT2D eigenvalue weighted by Gasteiger charge is 2.25. The summed E-state index contributed by atoms with van der Waals surface area (Å²) in [5.74, 6) is 0.0999. The van der Waals surface area contributed by atoms with Crippen LogP contribution >= 0.6 is 23.2 Å². The molecule has 0 saturated heterocycles. The zero-order valence-corrected chi connectivity index (χ0v) is 16.5. The number of aromatic nitrogens is 3. The van der Waals surface area contributed by atoms with E-state index in [9.17, 15) is 14.9 Å². The number of fused-ring (bicyclic) bond motifs is 1. The number of halogens is 2. The van der Waals surface area contributed by atoms with Crippen LogP contribution in [-0.2, 0) is 0 Å². The van der Waals surface area contributed by atoms with Gasteiger partial charge in [-0.25, -0.2) is 4.79 Å². The highest BCUT2D eigenvalue weighted by atomic mass is 35.5. The SMILES string of the molecule is NCCCOc1ccc(Cl)cc1NC(=O)Nc1[nH][n+](=O)c2ccc(Cl)cc2[n+]1O. The number of aromatic amines is 1. The quantitative estimate of drug-likeness (QED) is 0.227. The van der Waals surface area contributed by atoms with Crippen LogP contribution in [-0.4, -0.2) is 29.5 Å². The number of carbonyl (C=O) groups is 1. The fraction of sp³-hybridized carbons (Fsp3) is 0.176. The van der Waals surface area contributed by atoms with Gasteiger partial charge in [0.25, 0.3) is 0 Å². The van der Waals surface area contributed by atoms with Gasteiger partial charge in [-0.3, -0.25) is 5.32 Å². The lowest BCUT2D eigenvalue weighted by Gasteiger charge is -2.12. The van der Waals surface area contributed by atoms with Gasteiger partial charge in [0.15, 0.2) is 0 Å². The Labute approximate surface area is 174 Å². The monoisotopic (exact) mass is 440 g/mol. The number of rotatable bonds is 6. The van der Waals surface area contributed by atoms with E-state index in [4.69, 9.17) is 33.7 Å². The summed E-state index contributed by atoms with van der Waals surface area (Å²) < 4.78 is 6.57. The fourth-order valence-electron chi connectivity index (χ4n) is 2.50. The molecule has 2 aromatic carbocycles. The maximum atomic E-state index is 12.4. The van der Waals surface area contributed by atoms with E-state index in [0.717, 1.165) is 0 Å². The predicted octanol–water partition coefficient (Wildman–Crippen LogP) is 2.29. The average Bonchev–Trinajstić information content (AvgIpc) is 2.67. The van der Waals surface area contributed by atoms with Crippen molar-refractivity contribution in [2.75, 3.05) is 23.8 Å². The Morgan fingerprint density at radius 1 is 1.14 bits per heavy atom. The number of hydrogen-bond acceptors (Lipinski definition) is 5. The van der Waals surface area contributed by atoms with Gasteiger partial charge in [0.1, 0.15) is 5.75 Å². The maximum Gasteiger partial charge on any atom is 0.458 e. The molecule has 152 valence electrons. The van der Waals surface area contributed by atoms with E-state index in [1.807, 2.05) is 0 Å².